The maximum Gasteiger partial charge on any atom is 0.416 e. The molecular formula is C11H15F3N2O. The summed E-state index contributed by atoms with van der Waals surface area (Å²) in [6.45, 7) is 3.62. The lowest BCUT2D eigenvalue weighted by molar-refractivity contribution is -0.138. The molecule has 2 N–H and O–H groups in total. The largest absolute Gasteiger partial charge is 0.416 e. The first-order chi connectivity index (χ1) is 7.82. The van der Waals surface area contributed by atoms with Crippen molar-refractivity contribution in [1.82, 2.24) is 4.98 Å². The van der Waals surface area contributed by atoms with Gasteiger partial charge in [0.05, 0.1) is 24.3 Å². The minimum Gasteiger partial charge on any atom is -0.377 e. The van der Waals surface area contributed by atoms with Gasteiger partial charge in [0.25, 0.3) is 0 Å². The monoisotopic (exact) mass is 248 g/mol. The van der Waals surface area contributed by atoms with Gasteiger partial charge in [-0.1, -0.05) is 0 Å². The Kier molecular flexibility index (Phi) is 4.47. The van der Waals surface area contributed by atoms with Crippen LogP contribution in [0.25, 0.3) is 0 Å². The second-order valence-corrected chi connectivity index (χ2v) is 3.95. The van der Waals surface area contributed by atoms with Crippen molar-refractivity contribution in [3.8, 4) is 0 Å². The van der Waals surface area contributed by atoms with E-state index in [-0.39, 0.29) is 18.3 Å². The molecule has 0 amide bonds. The number of rotatable bonds is 4. The van der Waals surface area contributed by atoms with Crippen molar-refractivity contribution < 1.29 is 17.9 Å². The summed E-state index contributed by atoms with van der Waals surface area (Å²) in [4.78, 5) is 3.67. The first-order valence-electron chi connectivity index (χ1n) is 5.20. The lowest BCUT2D eigenvalue weighted by Gasteiger charge is -2.18. The van der Waals surface area contributed by atoms with Gasteiger partial charge in [-0.2, -0.15) is 13.2 Å². The van der Waals surface area contributed by atoms with Gasteiger partial charge in [0.2, 0.25) is 0 Å². The van der Waals surface area contributed by atoms with Crippen LogP contribution < -0.4 is 5.73 Å². The number of pyridine rings is 1. The van der Waals surface area contributed by atoms with Crippen LogP contribution in [0, 0.1) is 0 Å². The lowest BCUT2D eigenvalue weighted by atomic mass is 10.0. The predicted octanol–water partition coefficient (Wildman–Crippen LogP) is 2.53. The Morgan fingerprint density at radius 3 is 2.59 bits per heavy atom. The molecule has 0 aromatic carbocycles. The van der Waals surface area contributed by atoms with Gasteiger partial charge in [0, 0.05) is 18.0 Å². The van der Waals surface area contributed by atoms with Gasteiger partial charge in [0.1, 0.15) is 0 Å². The van der Waals surface area contributed by atoms with Crippen LogP contribution in [0.2, 0.25) is 0 Å². The van der Waals surface area contributed by atoms with Crippen molar-refractivity contribution in [2.75, 3.05) is 6.61 Å². The van der Waals surface area contributed by atoms with E-state index in [0.29, 0.717) is 0 Å². The Morgan fingerprint density at radius 2 is 2.06 bits per heavy atom. The highest BCUT2D eigenvalue weighted by molar-refractivity contribution is 5.29. The fourth-order valence-electron chi connectivity index (χ4n) is 1.35. The van der Waals surface area contributed by atoms with E-state index in [2.05, 4.69) is 4.98 Å². The summed E-state index contributed by atoms with van der Waals surface area (Å²) >= 11 is 0. The zero-order valence-electron chi connectivity index (χ0n) is 9.66. The van der Waals surface area contributed by atoms with E-state index < -0.39 is 17.8 Å². The Hall–Kier alpha value is -1.14. The Labute approximate surface area is 97.8 Å². The number of hydrogen-bond acceptors (Lipinski definition) is 3. The van der Waals surface area contributed by atoms with Crippen molar-refractivity contribution in [3.63, 3.8) is 0 Å². The molecule has 0 saturated heterocycles. The summed E-state index contributed by atoms with van der Waals surface area (Å²) in [5.41, 5.74) is 4.88. The van der Waals surface area contributed by atoms with E-state index in [4.69, 9.17) is 10.5 Å². The predicted molar refractivity (Wildman–Crippen MR) is 57.3 cm³/mol. The molecule has 17 heavy (non-hydrogen) atoms. The van der Waals surface area contributed by atoms with Gasteiger partial charge in [0.15, 0.2) is 0 Å². The molecular weight excluding hydrogens is 233 g/mol. The molecule has 1 atom stereocenters. The summed E-state index contributed by atoms with van der Waals surface area (Å²) in [6.07, 6.45) is -2.26. The maximum absolute atomic E-state index is 12.7. The first-order valence-corrected chi connectivity index (χ1v) is 5.20. The molecule has 0 saturated carbocycles. The van der Waals surface area contributed by atoms with Gasteiger partial charge < -0.3 is 10.5 Å². The molecule has 1 aromatic heterocycles. The van der Waals surface area contributed by atoms with Gasteiger partial charge >= 0.3 is 6.18 Å². The Bertz CT molecular complexity index is 366. The zero-order chi connectivity index (χ0) is 13.1. The summed E-state index contributed by atoms with van der Waals surface area (Å²) in [5, 5.41) is 0. The number of hydrogen-bond donors (Lipinski definition) is 1. The van der Waals surface area contributed by atoms with Crippen molar-refractivity contribution in [2.24, 2.45) is 5.73 Å². The van der Waals surface area contributed by atoms with Crippen LogP contribution in [0.3, 0.4) is 0 Å². The zero-order valence-corrected chi connectivity index (χ0v) is 9.66. The smallest absolute Gasteiger partial charge is 0.377 e. The van der Waals surface area contributed by atoms with Crippen molar-refractivity contribution in [1.29, 1.82) is 0 Å². The molecule has 1 heterocycles. The average Bonchev–Trinajstić information content (AvgIpc) is 2.24. The number of halogens is 3. The average molecular weight is 248 g/mol. The molecule has 0 bridgehead atoms. The molecule has 1 rings (SSSR count). The topological polar surface area (TPSA) is 48.1 Å². The molecule has 0 radical (unpaired) electrons. The van der Waals surface area contributed by atoms with E-state index in [1.807, 2.05) is 0 Å². The van der Waals surface area contributed by atoms with Crippen LogP contribution in [-0.4, -0.2) is 17.7 Å². The van der Waals surface area contributed by atoms with Crippen LogP contribution in [0.5, 0.6) is 0 Å². The quantitative estimate of drug-likeness (QED) is 0.890. The van der Waals surface area contributed by atoms with E-state index in [1.54, 1.807) is 13.8 Å². The van der Waals surface area contributed by atoms with Crippen LogP contribution in [0.15, 0.2) is 18.5 Å². The van der Waals surface area contributed by atoms with Crippen LogP contribution >= 0.6 is 0 Å². The minimum atomic E-state index is -4.42. The van der Waals surface area contributed by atoms with Crippen molar-refractivity contribution in [3.05, 3.63) is 29.6 Å². The molecule has 0 fully saturated rings. The molecule has 96 valence electrons. The lowest BCUT2D eigenvalue weighted by Crippen LogP contribution is -2.23. The number of alkyl halides is 3. The second kappa shape index (κ2) is 5.46. The van der Waals surface area contributed by atoms with E-state index in [9.17, 15) is 13.2 Å². The summed E-state index contributed by atoms with van der Waals surface area (Å²) in [7, 11) is 0. The van der Waals surface area contributed by atoms with Crippen LogP contribution in [-0.2, 0) is 10.9 Å². The Morgan fingerprint density at radius 1 is 1.41 bits per heavy atom. The van der Waals surface area contributed by atoms with E-state index in [1.165, 1.54) is 0 Å². The number of aromatic nitrogens is 1. The number of ether oxygens (including phenoxy) is 1. The fourth-order valence-corrected chi connectivity index (χ4v) is 1.35. The number of nitrogens with two attached hydrogens (primary N) is 1. The highest BCUT2D eigenvalue weighted by Gasteiger charge is 2.34. The SMILES string of the molecule is CC(C)OCC(N)c1cnccc1C(F)(F)F. The van der Waals surface area contributed by atoms with Gasteiger partial charge in [-0.25, -0.2) is 0 Å². The second-order valence-electron chi connectivity index (χ2n) is 3.95. The highest BCUT2D eigenvalue weighted by atomic mass is 19.4. The van der Waals surface area contributed by atoms with Gasteiger partial charge in [-0.3, -0.25) is 4.98 Å². The van der Waals surface area contributed by atoms with Crippen LogP contribution in [0.1, 0.15) is 31.0 Å². The molecule has 6 heteroatoms. The van der Waals surface area contributed by atoms with E-state index in [0.717, 1.165) is 18.5 Å². The third-order valence-electron chi connectivity index (χ3n) is 2.17. The first kappa shape index (κ1) is 13.9. The molecule has 0 aliphatic carbocycles. The fraction of sp³-hybridized carbons (Fsp3) is 0.545. The van der Waals surface area contributed by atoms with Gasteiger partial charge in [-0.05, 0) is 19.9 Å². The van der Waals surface area contributed by atoms with Crippen molar-refractivity contribution in [2.45, 2.75) is 32.2 Å². The Balaban J connectivity index is 2.89. The molecule has 3 nitrogen and oxygen atoms in total. The van der Waals surface area contributed by atoms with E-state index >= 15 is 0 Å². The molecule has 0 spiro atoms. The van der Waals surface area contributed by atoms with Crippen molar-refractivity contribution >= 4 is 0 Å². The molecule has 0 aliphatic heterocycles. The maximum atomic E-state index is 12.7. The van der Waals surface area contributed by atoms with Gasteiger partial charge in [-0.15, -0.1) is 0 Å². The third-order valence-corrected chi connectivity index (χ3v) is 2.17. The minimum absolute atomic E-state index is 0.0342. The van der Waals surface area contributed by atoms with Crippen LogP contribution in [0.4, 0.5) is 13.2 Å². The number of nitrogens with zero attached hydrogens (tertiary/aromatic N) is 1. The normalized spacial score (nSPS) is 14.1. The summed E-state index contributed by atoms with van der Waals surface area (Å²) in [5.74, 6) is 0. The highest BCUT2D eigenvalue weighted by Crippen LogP contribution is 2.33. The standard InChI is InChI=1S/C11H15F3N2O/c1-7(2)17-6-10(15)8-5-16-4-3-9(8)11(12,13)14/h3-5,7,10H,6,15H2,1-2H3. The molecule has 0 aliphatic rings. The third kappa shape index (κ3) is 3.98. The molecule has 1 aromatic rings. The summed E-state index contributed by atoms with van der Waals surface area (Å²) < 4.78 is 43.3. The summed E-state index contributed by atoms with van der Waals surface area (Å²) in [6, 6.07) is 0.0904. The molecule has 1 unspecified atom stereocenters.